The fraction of sp³-hybridized carbons (Fsp3) is 0.284. The Labute approximate surface area is 871 Å². The van der Waals surface area contributed by atoms with Crippen LogP contribution in [0.4, 0.5) is 28.4 Å². The summed E-state index contributed by atoms with van der Waals surface area (Å²) >= 11 is 11.8. The van der Waals surface area contributed by atoms with E-state index in [1.807, 2.05) is 158 Å². The summed E-state index contributed by atoms with van der Waals surface area (Å²) < 4.78 is 74.8. The SMILES string of the molecule is CCCCS(=O)c1sc2nc(-c3cccnc3)cc(-c3ccccc3)c2c1N.CCCCS(=O)c1sc2nc(-c3cncnc3)cc(-c3ccccc3)c2c1N.CCCCS(=O)c1sc2nc(-c3nccs3)nc(-c3cnc(C)n3C)c2c1N.Cc1ncc(-c2cc(-c3nccs3)nc3sc(S(=O)C4CCCC4)c(N)c23)n1C.Cc1ncc(-c2cc(-c3nccs3)nc3sc(S(=O)C4CCCCC4)c(N)c23)n1C. The molecule has 18 heterocycles. The van der Waals surface area contributed by atoms with Crippen LogP contribution in [-0.4, -0.2) is 137 Å². The summed E-state index contributed by atoms with van der Waals surface area (Å²) in [5, 5.41) is 12.9. The molecule has 22 rings (SSSR count). The van der Waals surface area contributed by atoms with Crippen LogP contribution in [0.25, 0.3) is 162 Å². The van der Waals surface area contributed by atoms with Crippen LogP contribution < -0.4 is 28.7 Å². The molecule has 2 fully saturated rings. The zero-order chi connectivity index (χ0) is 99.8. The number of rotatable bonds is 26. The van der Waals surface area contributed by atoms with E-state index in [9.17, 15) is 21.0 Å². The summed E-state index contributed by atoms with van der Waals surface area (Å²) in [6, 6.07) is 32.2. The van der Waals surface area contributed by atoms with E-state index < -0.39 is 54.0 Å². The number of aryl methyl sites for hydroxylation is 3. The Bertz CT molecular complexity index is 7860. The van der Waals surface area contributed by atoms with E-state index in [1.165, 1.54) is 80.8 Å². The lowest BCUT2D eigenvalue weighted by Gasteiger charge is -2.20. The molecule has 0 spiro atoms. The molecule has 20 aromatic rings. The fourth-order valence-electron chi connectivity index (χ4n) is 17.1. The molecule has 736 valence electrons. The molecule has 0 radical (unpaired) electrons. The van der Waals surface area contributed by atoms with Crippen LogP contribution in [0.2, 0.25) is 0 Å². The second kappa shape index (κ2) is 45.8. The monoisotopic (exact) mass is 2150 g/mol. The van der Waals surface area contributed by atoms with Crippen LogP contribution in [0.1, 0.15) is 135 Å². The van der Waals surface area contributed by atoms with Gasteiger partial charge in [0, 0.05) is 152 Å². The van der Waals surface area contributed by atoms with Crippen molar-refractivity contribution in [2.24, 2.45) is 21.1 Å². The van der Waals surface area contributed by atoms with Crippen LogP contribution in [0.5, 0.6) is 0 Å². The second-order valence-electron chi connectivity index (χ2n) is 34.4. The van der Waals surface area contributed by atoms with Gasteiger partial charge in [-0.3, -0.25) is 26.0 Å². The molecule has 18 aromatic heterocycles. The number of nitrogens with two attached hydrogens (primary N) is 5. The number of aromatic nitrogens is 18. The molecule has 0 saturated heterocycles. The van der Waals surface area contributed by atoms with E-state index >= 15 is 0 Å². The lowest BCUT2D eigenvalue weighted by atomic mass is 10.0. The first-order valence-corrected chi connectivity index (χ1v) is 60.0. The van der Waals surface area contributed by atoms with Crippen molar-refractivity contribution in [2.45, 2.75) is 169 Å². The molecule has 2 aromatic carbocycles. The molecule has 41 heteroatoms. The Hall–Kier alpha value is -11.6. The van der Waals surface area contributed by atoms with Gasteiger partial charge in [-0.25, -0.2) is 69.8 Å². The molecule has 143 heavy (non-hydrogen) atoms. The highest BCUT2D eigenvalue weighted by Gasteiger charge is 2.33. The summed E-state index contributed by atoms with van der Waals surface area (Å²) in [6.07, 6.45) is 34.9. The van der Waals surface area contributed by atoms with Crippen molar-refractivity contribution in [3.63, 3.8) is 0 Å². The molecule has 2 saturated carbocycles. The van der Waals surface area contributed by atoms with Crippen molar-refractivity contribution < 1.29 is 21.0 Å². The first kappa shape index (κ1) is 101. The van der Waals surface area contributed by atoms with Gasteiger partial charge in [0.15, 0.2) is 10.8 Å². The van der Waals surface area contributed by atoms with Crippen molar-refractivity contribution >= 4 is 224 Å². The summed E-state index contributed by atoms with van der Waals surface area (Å²) in [5.74, 6) is 5.11. The topological polar surface area (TPSA) is 424 Å². The van der Waals surface area contributed by atoms with E-state index in [4.69, 9.17) is 58.6 Å². The normalized spacial score (nSPS) is 14.0. The smallest absolute Gasteiger partial charge is 0.190 e. The highest BCUT2D eigenvalue weighted by atomic mass is 32.2. The van der Waals surface area contributed by atoms with Gasteiger partial charge in [-0.15, -0.1) is 90.7 Å². The van der Waals surface area contributed by atoms with Gasteiger partial charge in [0.05, 0.1) is 135 Å². The Morgan fingerprint density at radius 2 is 0.699 bits per heavy atom. The maximum atomic E-state index is 13.4. The number of hydrogen-bond acceptors (Lipinski definition) is 33. The van der Waals surface area contributed by atoms with Crippen molar-refractivity contribution in [1.29, 1.82) is 0 Å². The van der Waals surface area contributed by atoms with E-state index in [0.29, 0.717) is 61.4 Å². The van der Waals surface area contributed by atoms with Crippen LogP contribution in [0.15, 0.2) is 203 Å². The van der Waals surface area contributed by atoms with E-state index in [-0.39, 0.29) is 10.5 Å². The number of nitrogen functional groups attached to an aromatic ring is 5. The first-order valence-electron chi connectivity index (χ1n) is 46.9. The molecule has 0 bridgehead atoms. The highest BCUT2D eigenvalue weighted by Crippen LogP contribution is 2.51. The van der Waals surface area contributed by atoms with Crippen molar-refractivity contribution in [3.8, 4) is 111 Å². The molecule has 28 nitrogen and oxygen atoms in total. The average Bonchev–Trinajstić information content (AvgIpc) is 1.58. The predicted molar refractivity (Wildman–Crippen MR) is 598 cm³/mol. The van der Waals surface area contributed by atoms with Gasteiger partial charge < -0.3 is 42.4 Å². The summed E-state index contributed by atoms with van der Waals surface area (Å²) in [6.45, 7) is 12.2. The quantitative estimate of drug-likeness (QED) is 0.0336. The average molecular weight is 2150 g/mol. The lowest BCUT2D eigenvalue weighted by molar-refractivity contribution is 0.505. The highest BCUT2D eigenvalue weighted by molar-refractivity contribution is 7.89. The molecule has 0 aliphatic heterocycles. The third kappa shape index (κ3) is 21.6. The van der Waals surface area contributed by atoms with Crippen LogP contribution in [0.3, 0.4) is 0 Å². The van der Waals surface area contributed by atoms with Crippen LogP contribution >= 0.6 is 90.7 Å². The molecule has 10 N–H and O–H groups in total. The number of fused-ring (bicyclic) bond motifs is 5. The maximum Gasteiger partial charge on any atom is 0.190 e. The standard InChI is InChI=1S/C22H21N3OS2.C21H23N5OS3.C21H20N4OS2.C20H21N5OS3.C18H20N6OS3/c1-2-3-12-28(26)22-20(23)19-17(15-8-5-4-6-9-15)13-18(25-21(19)27-22)16-10-7-11-24-14-16;1-12-24-11-16(26(12)2)14-10-15(19-23-8-9-28-19)25-20-17(14)18(22)21(29-20)30(27)13-6-4-3-5-7-13;1-2-3-9-28(26)21-19(22)18-16(14-7-5-4-6-8-14)10-17(25-20(18)27-21)15-11-23-13-24-12-15;1-11-23-10-15(25(11)2)13-9-14(18-22-7-8-27-18)24-19-16(13)17(21)20(28-19)29(26)12-5-3-4-6-12;1-4-5-8-28(25)18-13(19)12-14(11-9-21-10(2)24(11)3)22-15(23-16(12)27-18)17-20-6-7-26-17/h4-11,13-14H,2-3,12,23H2,1H3;8-11,13H,3-7,22H2,1-2H3;4-8,10-13H,2-3,9,22H2,1H3;7-10,12H,3-6,21H2,1-2H3;6-7,9H,4-5,8,19H2,1-3H3. The van der Waals surface area contributed by atoms with E-state index in [1.54, 1.807) is 72.2 Å². The molecule has 5 unspecified atom stereocenters. The molecule has 2 aliphatic carbocycles. The Morgan fingerprint density at radius 1 is 0.350 bits per heavy atom. The van der Waals surface area contributed by atoms with Gasteiger partial charge in [0.25, 0.3) is 0 Å². The molecule has 2 aliphatic rings. The Kier molecular flexibility index (Phi) is 32.5. The van der Waals surface area contributed by atoms with Gasteiger partial charge >= 0.3 is 0 Å². The van der Waals surface area contributed by atoms with Crippen LogP contribution in [-0.2, 0) is 75.1 Å². The molecular formula is C102H105N23O5S13. The van der Waals surface area contributed by atoms with E-state index in [2.05, 4.69) is 88.4 Å². The number of thiazole rings is 3. The number of anilines is 5. The third-order valence-corrected chi connectivity index (χ3v) is 43.0. The lowest BCUT2D eigenvalue weighted by Crippen LogP contribution is -2.18. The van der Waals surface area contributed by atoms with Gasteiger partial charge in [-0.1, -0.05) is 133 Å². The summed E-state index contributed by atoms with van der Waals surface area (Å²) in [5.41, 5.74) is 50.1. The van der Waals surface area contributed by atoms with Gasteiger partial charge in [-0.05, 0) is 124 Å². The van der Waals surface area contributed by atoms with Crippen molar-refractivity contribution in [2.75, 3.05) is 45.9 Å². The van der Waals surface area contributed by atoms with Gasteiger partial charge in [-0.2, -0.15) is 0 Å². The first-order chi connectivity index (χ1) is 69.5. The zero-order valence-corrected chi connectivity index (χ0v) is 90.6. The number of benzene rings is 2. The molecule has 0 amide bonds. The van der Waals surface area contributed by atoms with Gasteiger partial charge in [0.2, 0.25) is 0 Å². The minimum atomic E-state index is -1.15. The summed E-state index contributed by atoms with van der Waals surface area (Å²) in [4.78, 5) is 71.8. The number of imidazole rings is 3. The van der Waals surface area contributed by atoms with Crippen LogP contribution in [0, 0.1) is 20.8 Å². The Balaban J connectivity index is 0.000000118. The predicted octanol–water partition coefficient (Wildman–Crippen LogP) is 24.4. The van der Waals surface area contributed by atoms with Crippen molar-refractivity contribution in [3.05, 3.63) is 199 Å². The fourth-order valence-corrected chi connectivity index (χ4v) is 33.6. The van der Waals surface area contributed by atoms with Crippen molar-refractivity contribution in [1.82, 2.24) is 88.5 Å². The summed E-state index contributed by atoms with van der Waals surface area (Å²) in [7, 11) is 0.373. The minimum Gasteiger partial charge on any atom is -0.396 e. The number of nitrogens with zero attached hydrogens (tertiary/aromatic N) is 18. The second-order valence-corrected chi connectivity index (χ2v) is 51.2. The molecule has 5 atom stereocenters. The number of thiophene rings is 5. The number of hydrogen-bond donors (Lipinski definition) is 5. The van der Waals surface area contributed by atoms with Gasteiger partial charge in [0.1, 0.15) is 96.1 Å². The third-order valence-electron chi connectivity index (χ3n) is 25.1. The molecular weight excluding hydrogens is 2040 g/mol. The number of unbranched alkanes of at least 4 members (excludes halogenated alkanes) is 3. The zero-order valence-electron chi connectivity index (χ0n) is 80.0. The van der Waals surface area contributed by atoms with E-state index in [0.717, 1.165) is 275 Å². The Morgan fingerprint density at radius 3 is 1.09 bits per heavy atom. The largest absolute Gasteiger partial charge is 0.396 e. The number of pyridine rings is 5. The maximum absolute atomic E-state index is 13.4. The minimum absolute atomic E-state index is 0.190.